The van der Waals surface area contributed by atoms with Crippen molar-refractivity contribution in [2.45, 2.75) is 25.4 Å². The zero-order valence-corrected chi connectivity index (χ0v) is 16.4. The predicted molar refractivity (Wildman–Crippen MR) is 109 cm³/mol. The summed E-state index contributed by atoms with van der Waals surface area (Å²) in [5.41, 5.74) is 1.31. The molecule has 2 aromatic rings. The van der Waals surface area contributed by atoms with Gasteiger partial charge in [0.25, 0.3) is 5.91 Å². The first-order valence-corrected chi connectivity index (χ1v) is 9.68. The number of hydrogen-bond acceptors (Lipinski definition) is 5. The van der Waals surface area contributed by atoms with Crippen LogP contribution in [0.25, 0.3) is 6.08 Å². The zero-order chi connectivity index (χ0) is 20.6. The zero-order valence-electron chi connectivity index (χ0n) is 16.4. The molecule has 0 bridgehead atoms. The van der Waals surface area contributed by atoms with Crippen LogP contribution in [0.2, 0.25) is 0 Å². The second-order valence-corrected chi connectivity index (χ2v) is 6.88. The number of esters is 1. The summed E-state index contributed by atoms with van der Waals surface area (Å²) >= 11 is 0. The molecule has 1 N–H and O–H groups in total. The Morgan fingerprint density at radius 2 is 1.79 bits per heavy atom. The standard InChI is InChI=1S/C23H25NO5/c1-28-20-16-17(10-12-19(20)25)11-13-21(26)29-22(18-8-4-2-5-9-18)23(27)24-14-6-3-7-15-24/h2,4-5,8-13,16,22,25H,3,6-7,14-15H2,1H3/b13-11+/t22-/m0/s1. The molecule has 2 aromatic carbocycles. The Morgan fingerprint density at radius 3 is 2.48 bits per heavy atom. The van der Waals surface area contributed by atoms with Crippen LogP contribution in [-0.2, 0) is 14.3 Å². The molecular weight excluding hydrogens is 370 g/mol. The second-order valence-electron chi connectivity index (χ2n) is 6.88. The minimum absolute atomic E-state index is 0.0171. The molecule has 0 aromatic heterocycles. The lowest BCUT2D eigenvalue weighted by atomic mass is 10.1. The van der Waals surface area contributed by atoms with Crippen molar-refractivity contribution in [3.8, 4) is 11.5 Å². The van der Waals surface area contributed by atoms with Gasteiger partial charge in [0.15, 0.2) is 11.5 Å². The number of piperidine rings is 1. The normalized spacial score (nSPS) is 15.1. The number of amides is 1. The van der Waals surface area contributed by atoms with E-state index in [1.54, 1.807) is 35.2 Å². The van der Waals surface area contributed by atoms with Gasteiger partial charge >= 0.3 is 5.97 Å². The summed E-state index contributed by atoms with van der Waals surface area (Å²) in [6.45, 7) is 1.37. The SMILES string of the molecule is COc1cc(/C=C/C(=O)O[C@H](C(=O)N2CCCCC2)c2ccccc2)ccc1O. The van der Waals surface area contributed by atoms with Gasteiger partial charge in [-0.05, 0) is 43.0 Å². The van der Waals surface area contributed by atoms with Crippen molar-refractivity contribution in [2.75, 3.05) is 20.2 Å². The summed E-state index contributed by atoms with van der Waals surface area (Å²) in [5.74, 6) is -0.480. The molecule has 1 saturated heterocycles. The van der Waals surface area contributed by atoms with Crippen molar-refractivity contribution >= 4 is 18.0 Å². The first kappa shape index (κ1) is 20.5. The number of likely N-dealkylation sites (tertiary alicyclic amines) is 1. The Kier molecular flexibility index (Phi) is 6.89. The fourth-order valence-electron chi connectivity index (χ4n) is 3.29. The van der Waals surface area contributed by atoms with Crippen molar-refractivity contribution in [3.63, 3.8) is 0 Å². The van der Waals surface area contributed by atoms with E-state index in [9.17, 15) is 14.7 Å². The number of ether oxygens (including phenoxy) is 2. The fraction of sp³-hybridized carbons (Fsp3) is 0.304. The molecule has 1 amide bonds. The number of methoxy groups -OCH3 is 1. The molecule has 1 heterocycles. The molecule has 29 heavy (non-hydrogen) atoms. The number of aromatic hydroxyl groups is 1. The topological polar surface area (TPSA) is 76.1 Å². The highest BCUT2D eigenvalue weighted by molar-refractivity contribution is 5.91. The number of hydrogen-bond donors (Lipinski definition) is 1. The van der Waals surface area contributed by atoms with Crippen LogP contribution in [0, 0.1) is 0 Å². The maximum absolute atomic E-state index is 13.0. The molecule has 1 atom stereocenters. The number of rotatable bonds is 6. The van der Waals surface area contributed by atoms with E-state index in [0.29, 0.717) is 30.0 Å². The lowest BCUT2D eigenvalue weighted by molar-refractivity contribution is -0.157. The molecule has 0 aliphatic carbocycles. The minimum Gasteiger partial charge on any atom is -0.504 e. The van der Waals surface area contributed by atoms with Crippen LogP contribution in [0.1, 0.15) is 36.5 Å². The van der Waals surface area contributed by atoms with Gasteiger partial charge in [0, 0.05) is 24.7 Å². The van der Waals surface area contributed by atoms with Crippen molar-refractivity contribution in [1.82, 2.24) is 4.90 Å². The molecule has 3 rings (SSSR count). The average molecular weight is 395 g/mol. The number of benzene rings is 2. The van der Waals surface area contributed by atoms with Crippen LogP contribution in [-0.4, -0.2) is 42.1 Å². The second kappa shape index (κ2) is 9.78. The maximum atomic E-state index is 13.0. The van der Waals surface area contributed by atoms with Crippen LogP contribution in [0.15, 0.2) is 54.6 Å². The van der Waals surface area contributed by atoms with Gasteiger partial charge in [-0.3, -0.25) is 4.79 Å². The third-order valence-corrected chi connectivity index (χ3v) is 4.84. The molecule has 6 heteroatoms. The Balaban J connectivity index is 1.74. The van der Waals surface area contributed by atoms with Crippen LogP contribution in [0.4, 0.5) is 0 Å². The van der Waals surface area contributed by atoms with E-state index >= 15 is 0 Å². The maximum Gasteiger partial charge on any atom is 0.331 e. The number of phenols is 1. The molecule has 0 spiro atoms. The summed E-state index contributed by atoms with van der Waals surface area (Å²) in [6.07, 6.45) is 4.88. The van der Waals surface area contributed by atoms with Gasteiger partial charge in [-0.1, -0.05) is 36.4 Å². The summed E-state index contributed by atoms with van der Waals surface area (Å²) in [5, 5.41) is 9.66. The summed E-state index contributed by atoms with van der Waals surface area (Å²) in [6, 6.07) is 13.8. The van der Waals surface area contributed by atoms with E-state index < -0.39 is 12.1 Å². The van der Waals surface area contributed by atoms with Crippen LogP contribution >= 0.6 is 0 Å². The van der Waals surface area contributed by atoms with Gasteiger partial charge < -0.3 is 19.5 Å². The highest BCUT2D eigenvalue weighted by atomic mass is 16.5. The fourth-order valence-corrected chi connectivity index (χ4v) is 3.29. The van der Waals surface area contributed by atoms with Gasteiger partial charge in [-0.25, -0.2) is 4.79 Å². The van der Waals surface area contributed by atoms with E-state index in [-0.39, 0.29) is 11.7 Å². The molecule has 1 fully saturated rings. The van der Waals surface area contributed by atoms with Gasteiger partial charge in [-0.15, -0.1) is 0 Å². The average Bonchev–Trinajstić information content (AvgIpc) is 2.77. The van der Waals surface area contributed by atoms with E-state index in [0.717, 1.165) is 19.3 Å². The number of carbonyl (C=O) groups is 2. The molecule has 6 nitrogen and oxygen atoms in total. The molecular formula is C23H25NO5. The lowest BCUT2D eigenvalue weighted by Crippen LogP contribution is -2.40. The summed E-state index contributed by atoms with van der Waals surface area (Å²) in [7, 11) is 1.45. The quantitative estimate of drug-likeness (QED) is 0.596. The van der Waals surface area contributed by atoms with E-state index in [2.05, 4.69) is 0 Å². The summed E-state index contributed by atoms with van der Waals surface area (Å²) < 4.78 is 10.6. The van der Waals surface area contributed by atoms with Crippen molar-refractivity contribution in [2.24, 2.45) is 0 Å². The van der Waals surface area contributed by atoms with Crippen LogP contribution in [0.5, 0.6) is 11.5 Å². The van der Waals surface area contributed by atoms with Crippen LogP contribution in [0.3, 0.4) is 0 Å². The Bertz CT molecular complexity index is 872. The number of carbonyl (C=O) groups excluding carboxylic acids is 2. The van der Waals surface area contributed by atoms with Crippen molar-refractivity contribution in [3.05, 3.63) is 65.7 Å². The van der Waals surface area contributed by atoms with Crippen molar-refractivity contribution < 1.29 is 24.2 Å². The number of phenolic OH excluding ortho intramolecular Hbond substituents is 1. The van der Waals surface area contributed by atoms with Gasteiger partial charge in [-0.2, -0.15) is 0 Å². The predicted octanol–water partition coefficient (Wildman–Crippen LogP) is 3.71. The lowest BCUT2D eigenvalue weighted by Gasteiger charge is -2.30. The van der Waals surface area contributed by atoms with E-state index in [1.165, 1.54) is 19.3 Å². The highest BCUT2D eigenvalue weighted by Crippen LogP contribution is 2.27. The molecule has 0 unspecified atom stereocenters. The van der Waals surface area contributed by atoms with Crippen LogP contribution < -0.4 is 4.74 Å². The highest BCUT2D eigenvalue weighted by Gasteiger charge is 2.29. The largest absolute Gasteiger partial charge is 0.504 e. The first-order valence-electron chi connectivity index (χ1n) is 9.68. The van der Waals surface area contributed by atoms with Gasteiger partial charge in [0.05, 0.1) is 7.11 Å². The molecule has 0 saturated carbocycles. The number of nitrogens with zero attached hydrogens (tertiary/aromatic N) is 1. The molecule has 1 aliphatic heterocycles. The first-order chi connectivity index (χ1) is 14.1. The minimum atomic E-state index is -0.971. The third-order valence-electron chi connectivity index (χ3n) is 4.84. The summed E-state index contributed by atoms with van der Waals surface area (Å²) in [4.78, 5) is 27.2. The van der Waals surface area contributed by atoms with Crippen molar-refractivity contribution in [1.29, 1.82) is 0 Å². The van der Waals surface area contributed by atoms with Gasteiger partial charge in [0.2, 0.25) is 6.10 Å². The van der Waals surface area contributed by atoms with E-state index in [4.69, 9.17) is 9.47 Å². The Labute approximate surface area is 170 Å². The smallest absolute Gasteiger partial charge is 0.331 e. The molecule has 1 aliphatic rings. The van der Waals surface area contributed by atoms with Gasteiger partial charge in [0.1, 0.15) is 0 Å². The third kappa shape index (κ3) is 5.38. The Hall–Kier alpha value is -3.28. The van der Waals surface area contributed by atoms with E-state index in [1.807, 2.05) is 18.2 Å². The monoisotopic (exact) mass is 395 g/mol. The Morgan fingerprint density at radius 1 is 1.07 bits per heavy atom. The molecule has 0 radical (unpaired) electrons. The molecule has 152 valence electrons.